The Bertz CT molecular complexity index is 391. The van der Waals surface area contributed by atoms with Crippen LogP contribution in [-0.2, 0) is 9.47 Å². The molecular weight excluding hydrogens is 250 g/mol. The van der Waals surface area contributed by atoms with Crippen molar-refractivity contribution in [2.45, 2.75) is 0 Å². The number of ether oxygens (including phenoxy) is 2. The monoisotopic (exact) mass is 267 g/mol. The molecule has 0 aliphatic carbocycles. The van der Waals surface area contributed by atoms with E-state index < -0.39 is 12.2 Å². The average Bonchev–Trinajstić information content (AvgIpc) is 2.37. The van der Waals surface area contributed by atoms with E-state index in [1.807, 2.05) is 35.2 Å². The SMILES string of the molecule is NC(=O)OCCN(CCOC(N)=O)c1ccccc1. The molecular formula is C12H17N3O4. The molecule has 7 nitrogen and oxygen atoms in total. The van der Waals surface area contributed by atoms with Crippen LogP contribution in [0.3, 0.4) is 0 Å². The molecule has 1 aromatic rings. The van der Waals surface area contributed by atoms with Gasteiger partial charge in [-0.2, -0.15) is 0 Å². The van der Waals surface area contributed by atoms with Crippen LogP contribution in [0.15, 0.2) is 30.3 Å². The summed E-state index contributed by atoms with van der Waals surface area (Å²) < 4.78 is 9.37. The molecule has 0 bridgehead atoms. The Kier molecular flexibility index (Phi) is 6.00. The molecule has 0 aromatic heterocycles. The quantitative estimate of drug-likeness (QED) is 0.755. The zero-order valence-electron chi connectivity index (χ0n) is 10.5. The van der Waals surface area contributed by atoms with Gasteiger partial charge < -0.3 is 25.8 Å². The largest absolute Gasteiger partial charge is 0.448 e. The van der Waals surface area contributed by atoms with Crippen molar-refractivity contribution >= 4 is 17.9 Å². The summed E-state index contributed by atoms with van der Waals surface area (Å²) in [6.07, 6.45) is -1.64. The minimum absolute atomic E-state index is 0.154. The van der Waals surface area contributed by atoms with E-state index >= 15 is 0 Å². The van der Waals surface area contributed by atoms with Crippen LogP contribution in [0.25, 0.3) is 0 Å². The van der Waals surface area contributed by atoms with E-state index in [2.05, 4.69) is 9.47 Å². The highest BCUT2D eigenvalue weighted by atomic mass is 16.5. The number of primary amides is 2. The van der Waals surface area contributed by atoms with Crippen molar-refractivity contribution < 1.29 is 19.1 Å². The number of hydrogen-bond acceptors (Lipinski definition) is 5. The van der Waals surface area contributed by atoms with Crippen LogP contribution in [0, 0.1) is 0 Å². The summed E-state index contributed by atoms with van der Waals surface area (Å²) in [5.41, 5.74) is 10.7. The molecule has 0 atom stereocenters. The first kappa shape index (κ1) is 14.6. The van der Waals surface area contributed by atoms with Crippen LogP contribution in [0.4, 0.5) is 15.3 Å². The fourth-order valence-electron chi connectivity index (χ4n) is 1.52. The van der Waals surface area contributed by atoms with Crippen LogP contribution in [0.2, 0.25) is 0 Å². The molecule has 0 radical (unpaired) electrons. The van der Waals surface area contributed by atoms with Crippen LogP contribution in [0.5, 0.6) is 0 Å². The van der Waals surface area contributed by atoms with E-state index in [4.69, 9.17) is 11.5 Å². The minimum atomic E-state index is -0.818. The summed E-state index contributed by atoms with van der Waals surface area (Å²) in [5, 5.41) is 0. The van der Waals surface area contributed by atoms with Crippen molar-refractivity contribution in [3.05, 3.63) is 30.3 Å². The van der Waals surface area contributed by atoms with Gasteiger partial charge in [0.25, 0.3) is 0 Å². The lowest BCUT2D eigenvalue weighted by molar-refractivity contribution is 0.154. The molecule has 2 amide bonds. The number of amides is 2. The highest BCUT2D eigenvalue weighted by Gasteiger charge is 2.07. The van der Waals surface area contributed by atoms with Gasteiger partial charge in [-0.3, -0.25) is 0 Å². The molecule has 1 rings (SSSR count). The Hall–Kier alpha value is -2.44. The van der Waals surface area contributed by atoms with E-state index in [0.717, 1.165) is 5.69 Å². The van der Waals surface area contributed by atoms with Crippen LogP contribution in [0.1, 0.15) is 0 Å². The zero-order valence-corrected chi connectivity index (χ0v) is 10.5. The molecule has 4 N–H and O–H groups in total. The van der Waals surface area contributed by atoms with Gasteiger partial charge in [-0.25, -0.2) is 9.59 Å². The first-order valence-corrected chi connectivity index (χ1v) is 5.74. The van der Waals surface area contributed by atoms with Crippen LogP contribution in [-0.4, -0.2) is 38.5 Å². The zero-order chi connectivity index (χ0) is 14.1. The number of para-hydroxylation sites is 1. The van der Waals surface area contributed by atoms with Gasteiger partial charge in [-0.1, -0.05) is 18.2 Å². The highest BCUT2D eigenvalue weighted by molar-refractivity contribution is 5.65. The first-order valence-electron chi connectivity index (χ1n) is 5.74. The molecule has 0 saturated carbocycles. The normalized spacial score (nSPS) is 9.68. The van der Waals surface area contributed by atoms with Crippen molar-refractivity contribution in [3.63, 3.8) is 0 Å². The van der Waals surface area contributed by atoms with Gasteiger partial charge in [0.05, 0.1) is 13.1 Å². The topological polar surface area (TPSA) is 108 Å². The highest BCUT2D eigenvalue weighted by Crippen LogP contribution is 2.12. The van der Waals surface area contributed by atoms with Crippen molar-refractivity contribution in [2.75, 3.05) is 31.2 Å². The number of rotatable bonds is 7. The van der Waals surface area contributed by atoms with Crippen LogP contribution >= 0.6 is 0 Å². The predicted octanol–water partition coefficient (Wildman–Crippen LogP) is 0.684. The number of hydrogen-bond donors (Lipinski definition) is 2. The second-order valence-electron chi connectivity index (χ2n) is 3.66. The van der Waals surface area contributed by atoms with Gasteiger partial charge in [0, 0.05) is 5.69 Å². The predicted molar refractivity (Wildman–Crippen MR) is 69.7 cm³/mol. The van der Waals surface area contributed by atoms with Crippen molar-refractivity contribution in [2.24, 2.45) is 11.5 Å². The number of nitrogens with two attached hydrogens (primary N) is 2. The molecule has 1 aromatic carbocycles. The fourth-order valence-corrected chi connectivity index (χ4v) is 1.52. The standard InChI is InChI=1S/C12H17N3O4/c13-11(16)18-8-6-15(7-9-19-12(14)17)10-4-2-1-3-5-10/h1-5H,6-9H2,(H2,13,16)(H2,14,17). The average molecular weight is 267 g/mol. The Morgan fingerprint density at radius 3 is 1.84 bits per heavy atom. The second-order valence-corrected chi connectivity index (χ2v) is 3.66. The summed E-state index contributed by atoms with van der Waals surface area (Å²) in [6, 6.07) is 9.45. The van der Waals surface area contributed by atoms with Gasteiger partial charge in [0.2, 0.25) is 0 Å². The Morgan fingerprint density at radius 2 is 1.42 bits per heavy atom. The molecule has 104 valence electrons. The van der Waals surface area contributed by atoms with Crippen LogP contribution < -0.4 is 16.4 Å². The maximum atomic E-state index is 10.5. The van der Waals surface area contributed by atoms with Crippen molar-refractivity contribution in [3.8, 4) is 0 Å². The molecule has 0 heterocycles. The van der Waals surface area contributed by atoms with Gasteiger partial charge in [-0.15, -0.1) is 0 Å². The van der Waals surface area contributed by atoms with E-state index in [0.29, 0.717) is 13.1 Å². The Balaban J connectivity index is 2.52. The maximum Gasteiger partial charge on any atom is 0.404 e. The number of carbonyl (C=O) groups excluding carboxylic acids is 2. The number of carbonyl (C=O) groups is 2. The molecule has 19 heavy (non-hydrogen) atoms. The number of nitrogens with zero attached hydrogens (tertiary/aromatic N) is 1. The molecule has 0 aliphatic heterocycles. The molecule has 0 aliphatic rings. The summed E-state index contributed by atoms with van der Waals surface area (Å²) in [4.78, 5) is 22.9. The first-order chi connectivity index (χ1) is 9.09. The van der Waals surface area contributed by atoms with Gasteiger partial charge in [0.1, 0.15) is 13.2 Å². The third-order valence-electron chi connectivity index (χ3n) is 2.33. The number of anilines is 1. The van der Waals surface area contributed by atoms with E-state index in [1.165, 1.54) is 0 Å². The van der Waals surface area contributed by atoms with Crippen molar-refractivity contribution in [1.29, 1.82) is 0 Å². The fraction of sp³-hybridized carbons (Fsp3) is 0.333. The van der Waals surface area contributed by atoms with Gasteiger partial charge >= 0.3 is 12.2 Å². The lowest BCUT2D eigenvalue weighted by Crippen LogP contribution is -2.33. The van der Waals surface area contributed by atoms with E-state index in [9.17, 15) is 9.59 Å². The lowest BCUT2D eigenvalue weighted by Gasteiger charge is -2.24. The molecule has 0 unspecified atom stereocenters. The Labute approximate surface area is 111 Å². The van der Waals surface area contributed by atoms with Gasteiger partial charge in [0.15, 0.2) is 0 Å². The minimum Gasteiger partial charge on any atom is -0.448 e. The van der Waals surface area contributed by atoms with Gasteiger partial charge in [-0.05, 0) is 12.1 Å². The molecule has 7 heteroatoms. The maximum absolute atomic E-state index is 10.5. The molecule has 0 fully saturated rings. The second kappa shape index (κ2) is 7.80. The summed E-state index contributed by atoms with van der Waals surface area (Å²) in [5.74, 6) is 0. The summed E-state index contributed by atoms with van der Waals surface area (Å²) in [6.45, 7) is 1.19. The number of benzene rings is 1. The van der Waals surface area contributed by atoms with E-state index in [1.54, 1.807) is 0 Å². The lowest BCUT2D eigenvalue weighted by atomic mass is 10.3. The third-order valence-corrected chi connectivity index (χ3v) is 2.33. The third kappa shape index (κ3) is 6.16. The smallest absolute Gasteiger partial charge is 0.404 e. The summed E-state index contributed by atoms with van der Waals surface area (Å²) in [7, 11) is 0. The van der Waals surface area contributed by atoms with E-state index in [-0.39, 0.29) is 13.2 Å². The molecule has 0 spiro atoms. The van der Waals surface area contributed by atoms with Crippen molar-refractivity contribution in [1.82, 2.24) is 0 Å². The Morgan fingerprint density at radius 1 is 0.947 bits per heavy atom. The molecule has 0 saturated heterocycles. The summed E-state index contributed by atoms with van der Waals surface area (Å²) >= 11 is 0.